The van der Waals surface area contributed by atoms with E-state index in [0.717, 1.165) is 5.56 Å². The molecule has 0 saturated carbocycles. The third-order valence-corrected chi connectivity index (χ3v) is 5.99. The third-order valence-electron chi connectivity index (χ3n) is 3.76. The maximum atomic E-state index is 12.6. The van der Waals surface area contributed by atoms with E-state index in [9.17, 15) is 13.2 Å². The van der Waals surface area contributed by atoms with E-state index in [1.165, 1.54) is 16.4 Å². The fraction of sp³-hybridized carbons (Fsp3) is 0.500. The van der Waals surface area contributed by atoms with Crippen LogP contribution < -0.4 is 0 Å². The summed E-state index contributed by atoms with van der Waals surface area (Å²) >= 11 is 5.99. The summed E-state index contributed by atoms with van der Waals surface area (Å²) in [6, 6.07) is 4.57. The number of nitrogens with zero attached hydrogens (tertiary/aromatic N) is 1. The van der Waals surface area contributed by atoms with Crippen LogP contribution in [-0.4, -0.2) is 36.9 Å². The van der Waals surface area contributed by atoms with Crippen molar-refractivity contribution in [2.45, 2.75) is 25.2 Å². The Morgan fingerprint density at radius 2 is 2.05 bits per heavy atom. The molecular formula is C14H18ClNO4S. The van der Waals surface area contributed by atoms with Crippen LogP contribution in [0.4, 0.5) is 0 Å². The highest BCUT2D eigenvalue weighted by Gasteiger charge is 2.36. The molecule has 0 aromatic heterocycles. The van der Waals surface area contributed by atoms with Gasteiger partial charge in [-0.3, -0.25) is 4.79 Å². The highest BCUT2D eigenvalue weighted by Crippen LogP contribution is 2.28. The average Bonchev–Trinajstić information content (AvgIpc) is 2.41. The molecule has 0 radical (unpaired) electrons. The highest BCUT2D eigenvalue weighted by atomic mass is 35.5. The van der Waals surface area contributed by atoms with E-state index >= 15 is 0 Å². The van der Waals surface area contributed by atoms with Crippen molar-refractivity contribution in [2.75, 3.05) is 13.1 Å². The van der Waals surface area contributed by atoms with Crippen molar-refractivity contribution < 1.29 is 18.3 Å². The molecule has 1 saturated heterocycles. The van der Waals surface area contributed by atoms with Crippen molar-refractivity contribution in [3.8, 4) is 0 Å². The Balaban J connectivity index is 2.33. The summed E-state index contributed by atoms with van der Waals surface area (Å²) in [5.41, 5.74) is 0.797. The summed E-state index contributed by atoms with van der Waals surface area (Å²) in [4.78, 5) is 11.3. The molecule has 1 aromatic rings. The van der Waals surface area contributed by atoms with Crippen LogP contribution in [0.5, 0.6) is 0 Å². The third kappa shape index (κ3) is 3.39. The van der Waals surface area contributed by atoms with Gasteiger partial charge in [0.05, 0.1) is 10.8 Å². The first kappa shape index (κ1) is 16.3. The minimum atomic E-state index is -3.72. The van der Waals surface area contributed by atoms with Crippen molar-refractivity contribution in [1.29, 1.82) is 0 Å². The first-order valence-electron chi connectivity index (χ1n) is 6.71. The van der Waals surface area contributed by atoms with Crippen LogP contribution in [0.3, 0.4) is 0 Å². The van der Waals surface area contributed by atoms with Crippen molar-refractivity contribution in [3.63, 3.8) is 0 Å². The van der Waals surface area contributed by atoms with Crippen molar-refractivity contribution in [1.82, 2.24) is 4.31 Å². The fourth-order valence-corrected chi connectivity index (χ4v) is 4.44. The van der Waals surface area contributed by atoms with Crippen LogP contribution in [-0.2, 0) is 14.8 Å². The van der Waals surface area contributed by atoms with Gasteiger partial charge < -0.3 is 5.11 Å². The lowest BCUT2D eigenvalue weighted by atomic mass is 9.92. The maximum Gasteiger partial charge on any atom is 0.307 e. The Labute approximate surface area is 129 Å². The van der Waals surface area contributed by atoms with Gasteiger partial charge in [0.1, 0.15) is 0 Å². The van der Waals surface area contributed by atoms with Crippen molar-refractivity contribution in [2.24, 2.45) is 11.8 Å². The molecule has 0 spiro atoms. The molecule has 1 aliphatic heterocycles. The quantitative estimate of drug-likeness (QED) is 0.922. The van der Waals surface area contributed by atoms with Gasteiger partial charge in [0.25, 0.3) is 0 Å². The van der Waals surface area contributed by atoms with Gasteiger partial charge in [-0.2, -0.15) is 4.31 Å². The number of carboxylic acid groups (broad SMARTS) is 1. The second-order valence-electron chi connectivity index (χ2n) is 5.61. The Morgan fingerprint density at radius 3 is 2.62 bits per heavy atom. The number of rotatable bonds is 3. The minimum Gasteiger partial charge on any atom is -0.481 e. The average molecular weight is 332 g/mol. The number of hydrogen-bond donors (Lipinski definition) is 1. The number of hydrogen-bond acceptors (Lipinski definition) is 3. The SMILES string of the molecule is Cc1ccc(S(=O)(=O)N2CC(C)CC(C(=O)O)C2)cc1Cl. The van der Waals surface area contributed by atoms with Gasteiger partial charge in [-0.25, -0.2) is 8.42 Å². The molecule has 2 rings (SSSR count). The van der Waals surface area contributed by atoms with Gasteiger partial charge in [-0.05, 0) is 37.0 Å². The van der Waals surface area contributed by atoms with Gasteiger partial charge in [-0.15, -0.1) is 0 Å². The molecular weight excluding hydrogens is 314 g/mol. The van der Waals surface area contributed by atoms with Crippen LogP contribution >= 0.6 is 11.6 Å². The molecule has 0 bridgehead atoms. The molecule has 116 valence electrons. The molecule has 1 heterocycles. The molecule has 2 atom stereocenters. The summed E-state index contributed by atoms with van der Waals surface area (Å²) in [5.74, 6) is -1.61. The van der Waals surface area contributed by atoms with E-state index in [4.69, 9.17) is 16.7 Å². The van der Waals surface area contributed by atoms with Crippen LogP contribution in [0.15, 0.2) is 23.1 Å². The summed E-state index contributed by atoms with van der Waals surface area (Å²) in [7, 11) is -3.72. The maximum absolute atomic E-state index is 12.6. The second kappa shape index (κ2) is 5.94. The molecule has 5 nitrogen and oxygen atoms in total. The monoisotopic (exact) mass is 331 g/mol. The van der Waals surface area contributed by atoms with Crippen molar-refractivity contribution >= 4 is 27.6 Å². The molecule has 1 fully saturated rings. The number of benzene rings is 1. The lowest BCUT2D eigenvalue weighted by Gasteiger charge is -2.33. The lowest BCUT2D eigenvalue weighted by Crippen LogP contribution is -2.45. The van der Waals surface area contributed by atoms with E-state index in [1.54, 1.807) is 13.0 Å². The predicted molar refractivity (Wildman–Crippen MR) is 79.9 cm³/mol. The van der Waals surface area contributed by atoms with Crippen molar-refractivity contribution in [3.05, 3.63) is 28.8 Å². The predicted octanol–water partition coefficient (Wildman–Crippen LogP) is 2.38. The normalized spacial score (nSPS) is 24.0. The molecule has 1 aromatic carbocycles. The topological polar surface area (TPSA) is 74.7 Å². The zero-order valence-corrected chi connectivity index (χ0v) is 13.5. The summed E-state index contributed by atoms with van der Waals surface area (Å²) in [5, 5.41) is 9.53. The first-order chi connectivity index (χ1) is 9.71. The van der Waals surface area contributed by atoms with Gasteiger partial charge in [0.15, 0.2) is 0 Å². The number of aryl methyl sites for hydroxylation is 1. The van der Waals surface area contributed by atoms with Gasteiger partial charge >= 0.3 is 5.97 Å². The molecule has 21 heavy (non-hydrogen) atoms. The summed E-state index contributed by atoms with van der Waals surface area (Å²) in [6.07, 6.45) is 0.496. The molecule has 1 N–H and O–H groups in total. The number of carbonyl (C=O) groups is 1. The summed E-state index contributed by atoms with van der Waals surface area (Å²) in [6.45, 7) is 3.99. The van der Waals surface area contributed by atoms with E-state index in [-0.39, 0.29) is 17.4 Å². The van der Waals surface area contributed by atoms with Crippen LogP contribution in [0.1, 0.15) is 18.9 Å². The lowest BCUT2D eigenvalue weighted by molar-refractivity contribution is -0.143. The molecule has 2 unspecified atom stereocenters. The Bertz CT molecular complexity index is 659. The molecule has 0 amide bonds. The second-order valence-corrected chi connectivity index (χ2v) is 7.95. The minimum absolute atomic E-state index is 0.00744. The Hall–Kier alpha value is -1.11. The standard InChI is InChI=1S/C14H18ClNO4S/c1-9-5-11(14(17)18)8-16(7-9)21(19,20)12-4-3-10(2)13(15)6-12/h3-4,6,9,11H,5,7-8H2,1-2H3,(H,17,18). The number of halogens is 1. The molecule has 1 aliphatic rings. The van der Waals surface area contributed by atoms with Gasteiger partial charge in [0.2, 0.25) is 10.0 Å². The van der Waals surface area contributed by atoms with E-state index in [1.807, 2.05) is 6.92 Å². The van der Waals surface area contributed by atoms with Gasteiger partial charge in [-0.1, -0.05) is 24.6 Å². The first-order valence-corrected chi connectivity index (χ1v) is 8.52. The number of carboxylic acids is 1. The van der Waals surface area contributed by atoms with Crippen LogP contribution in [0.25, 0.3) is 0 Å². The zero-order chi connectivity index (χ0) is 15.8. The Morgan fingerprint density at radius 1 is 1.38 bits per heavy atom. The number of aliphatic carboxylic acids is 1. The van der Waals surface area contributed by atoms with E-state index < -0.39 is 21.9 Å². The van der Waals surface area contributed by atoms with Crippen LogP contribution in [0, 0.1) is 18.8 Å². The molecule has 7 heteroatoms. The molecule has 0 aliphatic carbocycles. The fourth-order valence-electron chi connectivity index (χ4n) is 2.56. The largest absolute Gasteiger partial charge is 0.481 e. The van der Waals surface area contributed by atoms with Crippen LogP contribution in [0.2, 0.25) is 5.02 Å². The Kier molecular flexibility index (Phi) is 4.60. The zero-order valence-electron chi connectivity index (χ0n) is 11.9. The van der Waals surface area contributed by atoms with Gasteiger partial charge in [0, 0.05) is 18.1 Å². The van der Waals surface area contributed by atoms with E-state index in [0.29, 0.717) is 18.0 Å². The number of sulfonamides is 1. The smallest absolute Gasteiger partial charge is 0.307 e. The van der Waals surface area contributed by atoms with E-state index in [2.05, 4.69) is 0 Å². The number of piperidine rings is 1. The summed E-state index contributed by atoms with van der Waals surface area (Å²) < 4.78 is 26.5. The highest BCUT2D eigenvalue weighted by molar-refractivity contribution is 7.89.